The van der Waals surface area contributed by atoms with Gasteiger partial charge in [0, 0.05) is 18.7 Å². The highest BCUT2D eigenvalue weighted by molar-refractivity contribution is 9.10. The van der Waals surface area contributed by atoms with E-state index in [1.54, 1.807) is 17.0 Å². The maximum atomic E-state index is 14.3. The number of ether oxygens (including phenoxy) is 1. The van der Waals surface area contributed by atoms with Crippen molar-refractivity contribution < 1.29 is 13.9 Å². The van der Waals surface area contributed by atoms with Crippen LogP contribution in [0.2, 0.25) is 0 Å². The van der Waals surface area contributed by atoms with Gasteiger partial charge in [0.2, 0.25) is 0 Å². The smallest absolute Gasteiger partial charge is 0.410 e. The molecule has 1 heterocycles. The van der Waals surface area contributed by atoms with Crippen LogP contribution in [-0.4, -0.2) is 23.1 Å². The molecule has 1 amide bonds. The van der Waals surface area contributed by atoms with E-state index in [0.717, 1.165) is 23.1 Å². The Morgan fingerprint density at radius 1 is 1.20 bits per heavy atom. The first-order valence-electron chi connectivity index (χ1n) is 8.29. The van der Waals surface area contributed by atoms with Gasteiger partial charge in [-0.1, -0.05) is 30.3 Å². The summed E-state index contributed by atoms with van der Waals surface area (Å²) in [5.41, 5.74) is 3.15. The van der Waals surface area contributed by atoms with Crippen molar-refractivity contribution >= 4 is 22.0 Å². The molecule has 25 heavy (non-hydrogen) atoms. The monoisotopic (exact) mass is 405 g/mol. The fourth-order valence-corrected chi connectivity index (χ4v) is 3.30. The number of carbonyl (C=O) groups is 1. The van der Waals surface area contributed by atoms with E-state index in [-0.39, 0.29) is 11.9 Å². The predicted octanol–water partition coefficient (Wildman–Crippen LogP) is 5.55. The maximum absolute atomic E-state index is 14.3. The summed E-state index contributed by atoms with van der Waals surface area (Å²) in [6.07, 6.45) is 0.443. The molecule has 0 saturated carbocycles. The van der Waals surface area contributed by atoms with Crippen molar-refractivity contribution in [1.29, 1.82) is 0 Å². The number of amides is 1. The average Bonchev–Trinajstić information content (AvgIpc) is 2.55. The van der Waals surface area contributed by atoms with Gasteiger partial charge in [0.05, 0.1) is 4.47 Å². The lowest BCUT2D eigenvalue weighted by Gasteiger charge is -2.31. The second-order valence-corrected chi connectivity index (χ2v) is 8.09. The van der Waals surface area contributed by atoms with Crippen LogP contribution in [0.25, 0.3) is 11.1 Å². The van der Waals surface area contributed by atoms with E-state index in [0.29, 0.717) is 23.1 Å². The van der Waals surface area contributed by atoms with E-state index in [4.69, 9.17) is 4.74 Å². The Bertz CT molecular complexity index is 814. The molecule has 1 aliphatic heterocycles. The van der Waals surface area contributed by atoms with E-state index in [2.05, 4.69) is 15.9 Å². The van der Waals surface area contributed by atoms with Crippen molar-refractivity contribution in [2.45, 2.75) is 39.3 Å². The topological polar surface area (TPSA) is 29.5 Å². The van der Waals surface area contributed by atoms with Crippen molar-refractivity contribution in [2.24, 2.45) is 0 Å². The number of hydrogen-bond acceptors (Lipinski definition) is 2. The normalized spacial score (nSPS) is 14.2. The maximum Gasteiger partial charge on any atom is 0.410 e. The van der Waals surface area contributed by atoms with Crippen LogP contribution in [0, 0.1) is 5.82 Å². The Morgan fingerprint density at radius 3 is 2.68 bits per heavy atom. The van der Waals surface area contributed by atoms with Gasteiger partial charge in [0.1, 0.15) is 11.4 Å². The lowest BCUT2D eigenvalue weighted by molar-refractivity contribution is 0.0224. The van der Waals surface area contributed by atoms with Crippen LogP contribution >= 0.6 is 15.9 Å². The second kappa shape index (κ2) is 6.79. The van der Waals surface area contributed by atoms with E-state index in [1.807, 2.05) is 45.0 Å². The van der Waals surface area contributed by atoms with Crippen molar-refractivity contribution in [3.05, 3.63) is 57.8 Å². The van der Waals surface area contributed by atoms with Crippen molar-refractivity contribution in [3.63, 3.8) is 0 Å². The third kappa shape index (κ3) is 4.03. The van der Waals surface area contributed by atoms with Crippen LogP contribution < -0.4 is 0 Å². The molecule has 0 unspecified atom stereocenters. The molecule has 0 aromatic heterocycles. The fraction of sp³-hybridized carbons (Fsp3) is 0.350. The van der Waals surface area contributed by atoms with Gasteiger partial charge in [0.15, 0.2) is 0 Å². The fourth-order valence-electron chi connectivity index (χ4n) is 2.93. The highest BCUT2D eigenvalue weighted by Crippen LogP contribution is 2.31. The lowest BCUT2D eigenvalue weighted by Crippen LogP contribution is -2.39. The number of fused-ring (bicyclic) bond motifs is 1. The molecule has 0 saturated heterocycles. The van der Waals surface area contributed by atoms with Gasteiger partial charge in [-0.2, -0.15) is 0 Å². The summed E-state index contributed by atoms with van der Waals surface area (Å²) in [6, 6.07) is 11.2. The third-order valence-electron chi connectivity index (χ3n) is 4.13. The molecule has 0 spiro atoms. The number of rotatable bonds is 1. The Morgan fingerprint density at radius 2 is 1.96 bits per heavy atom. The van der Waals surface area contributed by atoms with Crippen LogP contribution in [0.3, 0.4) is 0 Å². The molecule has 1 aliphatic rings. The second-order valence-electron chi connectivity index (χ2n) is 7.24. The number of hydrogen-bond donors (Lipinski definition) is 0. The Kier molecular flexibility index (Phi) is 4.87. The van der Waals surface area contributed by atoms with Gasteiger partial charge >= 0.3 is 6.09 Å². The average molecular weight is 406 g/mol. The van der Waals surface area contributed by atoms with E-state index in [9.17, 15) is 9.18 Å². The van der Waals surface area contributed by atoms with Gasteiger partial charge in [-0.3, -0.25) is 0 Å². The van der Waals surface area contributed by atoms with E-state index < -0.39 is 5.60 Å². The molecule has 3 nitrogen and oxygen atoms in total. The van der Waals surface area contributed by atoms with Crippen LogP contribution in [0.5, 0.6) is 0 Å². The first-order valence-corrected chi connectivity index (χ1v) is 9.08. The molecule has 3 rings (SSSR count). The van der Waals surface area contributed by atoms with Gasteiger partial charge in [-0.15, -0.1) is 0 Å². The van der Waals surface area contributed by atoms with Gasteiger partial charge in [-0.25, -0.2) is 9.18 Å². The molecule has 5 heteroatoms. The van der Waals surface area contributed by atoms with Crippen molar-refractivity contribution in [2.75, 3.05) is 6.54 Å². The van der Waals surface area contributed by atoms with Crippen LogP contribution in [0.1, 0.15) is 31.9 Å². The first kappa shape index (κ1) is 17.9. The molecular weight excluding hydrogens is 385 g/mol. The summed E-state index contributed by atoms with van der Waals surface area (Å²) in [4.78, 5) is 14.0. The minimum Gasteiger partial charge on any atom is -0.444 e. The summed E-state index contributed by atoms with van der Waals surface area (Å²) in [5, 5.41) is 0. The SMILES string of the molecule is CC(C)(C)OC(=O)N1CCc2cc(-c3cccc(Br)c3F)ccc2C1. The molecule has 0 fully saturated rings. The first-order chi connectivity index (χ1) is 11.7. The van der Waals surface area contributed by atoms with Crippen LogP contribution in [-0.2, 0) is 17.7 Å². The Balaban J connectivity index is 1.82. The quantitative estimate of drug-likeness (QED) is 0.622. The molecular formula is C20H21BrFNO2. The van der Waals surface area contributed by atoms with Crippen LogP contribution in [0.15, 0.2) is 40.9 Å². The summed E-state index contributed by atoms with van der Waals surface area (Å²) in [7, 11) is 0. The Labute approximate surface area is 155 Å². The van der Waals surface area contributed by atoms with Crippen molar-refractivity contribution in [1.82, 2.24) is 4.90 Å². The number of nitrogens with zero attached hydrogens (tertiary/aromatic N) is 1. The Hall–Kier alpha value is -1.88. The summed E-state index contributed by atoms with van der Waals surface area (Å²) >= 11 is 3.23. The van der Waals surface area contributed by atoms with Crippen LogP contribution in [0.4, 0.5) is 9.18 Å². The lowest BCUT2D eigenvalue weighted by atomic mass is 9.94. The standard InChI is InChI=1S/C20H21BrFNO2/c1-20(2,3)25-19(24)23-10-9-13-11-14(7-8-15(13)12-23)16-5-4-6-17(21)18(16)22/h4-8,11H,9-10,12H2,1-3H3. The zero-order chi connectivity index (χ0) is 18.2. The zero-order valence-electron chi connectivity index (χ0n) is 14.6. The van der Waals surface area contributed by atoms with Crippen molar-refractivity contribution in [3.8, 4) is 11.1 Å². The van der Waals surface area contributed by atoms with Gasteiger partial charge in [0.25, 0.3) is 0 Å². The summed E-state index contributed by atoms with van der Waals surface area (Å²) in [5.74, 6) is -0.256. The predicted molar refractivity (Wildman–Crippen MR) is 99.9 cm³/mol. The summed E-state index contributed by atoms with van der Waals surface area (Å²) < 4.78 is 20.2. The number of carbonyl (C=O) groups excluding carboxylic acids is 1. The third-order valence-corrected chi connectivity index (χ3v) is 4.75. The molecule has 0 bridgehead atoms. The highest BCUT2D eigenvalue weighted by atomic mass is 79.9. The molecule has 0 aliphatic carbocycles. The van der Waals surface area contributed by atoms with Gasteiger partial charge in [-0.05, 0) is 65.9 Å². The highest BCUT2D eigenvalue weighted by Gasteiger charge is 2.26. The molecule has 0 atom stereocenters. The minimum absolute atomic E-state index is 0.256. The van der Waals surface area contributed by atoms with E-state index in [1.165, 1.54) is 0 Å². The van der Waals surface area contributed by atoms with Gasteiger partial charge < -0.3 is 9.64 Å². The largest absolute Gasteiger partial charge is 0.444 e. The minimum atomic E-state index is -0.501. The molecule has 2 aromatic carbocycles. The molecule has 132 valence electrons. The molecule has 2 aromatic rings. The van der Waals surface area contributed by atoms with E-state index >= 15 is 0 Å². The number of benzene rings is 2. The zero-order valence-corrected chi connectivity index (χ0v) is 16.2. The molecule has 0 radical (unpaired) electrons. The summed E-state index contributed by atoms with van der Waals surface area (Å²) in [6.45, 7) is 6.71. The molecule has 0 N–H and O–H groups in total. The number of halogens is 2.